The molecule has 0 saturated heterocycles. The molecular formula is C18H14F3N3O2S. The molecule has 1 aromatic heterocycles. The van der Waals surface area contributed by atoms with Gasteiger partial charge in [-0.05, 0) is 23.1 Å². The highest BCUT2D eigenvalue weighted by Crippen LogP contribution is 2.40. The Balaban J connectivity index is 1.72. The Morgan fingerprint density at radius 3 is 2.63 bits per heavy atom. The van der Waals surface area contributed by atoms with Gasteiger partial charge in [-0.25, -0.2) is 4.79 Å². The van der Waals surface area contributed by atoms with Crippen molar-refractivity contribution in [2.45, 2.75) is 18.8 Å². The average molecular weight is 393 g/mol. The number of rotatable bonds is 3. The summed E-state index contributed by atoms with van der Waals surface area (Å²) in [5.41, 5.74) is -0.502. The van der Waals surface area contributed by atoms with E-state index in [-0.39, 0.29) is 23.6 Å². The molecule has 2 N–H and O–H groups in total. The topological polar surface area (TPSA) is 61.4 Å². The molecule has 140 valence electrons. The standard InChI is InChI=1S/C18H14F3N3O2S/c19-18(20,21)12-6-2-1-5-11(12)15-14-13(22-17(26)23-15)9-24(16(14)25)8-10-4-3-7-27-10/h1-7,15H,8-9H2,(H2,22,23,26)/t15-/m0/s1. The number of nitrogens with one attached hydrogen (secondary N) is 2. The first-order chi connectivity index (χ1) is 12.8. The zero-order valence-corrected chi connectivity index (χ0v) is 14.7. The van der Waals surface area contributed by atoms with Crippen LogP contribution in [0.4, 0.5) is 18.0 Å². The van der Waals surface area contributed by atoms with E-state index in [1.54, 1.807) is 0 Å². The maximum atomic E-state index is 13.4. The van der Waals surface area contributed by atoms with Crippen molar-refractivity contribution in [2.75, 3.05) is 6.54 Å². The van der Waals surface area contributed by atoms with Crippen molar-refractivity contribution in [3.8, 4) is 0 Å². The van der Waals surface area contributed by atoms with Gasteiger partial charge in [0.05, 0.1) is 36.0 Å². The number of hydrogen-bond donors (Lipinski definition) is 2. The monoisotopic (exact) mass is 393 g/mol. The highest BCUT2D eigenvalue weighted by Gasteiger charge is 2.43. The fourth-order valence-electron chi connectivity index (χ4n) is 3.39. The molecular weight excluding hydrogens is 379 g/mol. The molecule has 4 rings (SSSR count). The van der Waals surface area contributed by atoms with E-state index in [0.29, 0.717) is 12.2 Å². The molecule has 0 saturated carbocycles. The van der Waals surface area contributed by atoms with Gasteiger partial charge >= 0.3 is 12.2 Å². The molecule has 0 spiro atoms. The van der Waals surface area contributed by atoms with Gasteiger partial charge in [-0.15, -0.1) is 11.3 Å². The molecule has 3 amide bonds. The summed E-state index contributed by atoms with van der Waals surface area (Å²) in [6, 6.07) is 6.95. The predicted molar refractivity (Wildman–Crippen MR) is 92.6 cm³/mol. The molecule has 2 aromatic rings. The van der Waals surface area contributed by atoms with Gasteiger partial charge in [-0.3, -0.25) is 4.79 Å². The molecule has 9 heteroatoms. The number of carbonyl (C=O) groups is 2. The molecule has 27 heavy (non-hydrogen) atoms. The van der Waals surface area contributed by atoms with Crippen LogP contribution >= 0.6 is 11.3 Å². The number of benzene rings is 1. The fourth-order valence-corrected chi connectivity index (χ4v) is 4.11. The summed E-state index contributed by atoms with van der Waals surface area (Å²) in [4.78, 5) is 27.4. The molecule has 0 radical (unpaired) electrons. The number of carbonyl (C=O) groups excluding carboxylic acids is 2. The van der Waals surface area contributed by atoms with Crippen molar-refractivity contribution in [2.24, 2.45) is 0 Å². The van der Waals surface area contributed by atoms with Gasteiger partial charge in [0, 0.05) is 4.88 Å². The van der Waals surface area contributed by atoms with Crippen molar-refractivity contribution in [1.29, 1.82) is 0 Å². The molecule has 1 atom stereocenters. The van der Waals surface area contributed by atoms with Gasteiger partial charge in [-0.1, -0.05) is 24.3 Å². The lowest BCUT2D eigenvalue weighted by Crippen LogP contribution is -2.44. The van der Waals surface area contributed by atoms with Crippen LogP contribution in [-0.4, -0.2) is 23.4 Å². The molecule has 0 aliphatic carbocycles. The molecule has 2 aliphatic heterocycles. The van der Waals surface area contributed by atoms with Crippen LogP contribution in [0.25, 0.3) is 0 Å². The molecule has 1 aromatic carbocycles. The Bertz CT molecular complexity index is 938. The van der Waals surface area contributed by atoms with Crippen LogP contribution in [0.1, 0.15) is 22.0 Å². The van der Waals surface area contributed by atoms with Crippen LogP contribution < -0.4 is 10.6 Å². The highest BCUT2D eigenvalue weighted by molar-refractivity contribution is 7.09. The SMILES string of the molecule is O=C1NC2=C(C(=O)N(Cc3cccs3)C2)[C@H](c2ccccc2C(F)(F)F)N1. The van der Waals surface area contributed by atoms with Crippen LogP contribution in [-0.2, 0) is 17.5 Å². The van der Waals surface area contributed by atoms with Crippen molar-refractivity contribution >= 4 is 23.3 Å². The Morgan fingerprint density at radius 2 is 1.93 bits per heavy atom. The minimum Gasteiger partial charge on any atom is -0.328 e. The summed E-state index contributed by atoms with van der Waals surface area (Å²) in [5, 5.41) is 6.92. The van der Waals surface area contributed by atoms with Gasteiger partial charge in [-0.2, -0.15) is 13.2 Å². The minimum absolute atomic E-state index is 0.140. The number of alkyl halides is 3. The normalized spacial score (nSPS) is 19.8. The Morgan fingerprint density at radius 1 is 1.15 bits per heavy atom. The first kappa shape index (κ1) is 17.6. The Labute approximate surface area is 156 Å². The molecule has 0 bridgehead atoms. The summed E-state index contributed by atoms with van der Waals surface area (Å²) in [7, 11) is 0. The maximum Gasteiger partial charge on any atom is 0.416 e. The second kappa shape index (κ2) is 6.41. The summed E-state index contributed by atoms with van der Waals surface area (Å²) < 4.78 is 40.3. The summed E-state index contributed by atoms with van der Waals surface area (Å²) in [6.07, 6.45) is -4.59. The van der Waals surface area contributed by atoms with Gasteiger partial charge < -0.3 is 15.5 Å². The largest absolute Gasteiger partial charge is 0.416 e. The zero-order valence-electron chi connectivity index (χ0n) is 13.8. The molecule has 3 heterocycles. The molecule has 5 nitrogen and oxygen atoms in total. The summed E-state index contributed by atoms with van der Waals surface area (Å²) >= 11 is 1.48. The number of urea groups is 1. The molecule has 0 unspecified atom stereocenters. The molecule has 0 fully saturated rings. The smallest absolute Gasteiger partial charge is 0.328 e. The number of amides is 3. The van der Waals surface area contributed by atoms with E-state index in [9.17, 15) is 22.8 Å². The third kappa shape index (κ3) is 3.18. The van der Waals surface area contributed by atoms with E-state index >= 15 is 0 Å². The molecule has 2 aliphatic rings. The predicted octanol–water partition coefficient (Wildman–Crippen LogP) is 3.42. The second-order valence-electron chi connectivity index (χ2n) is 6.25. The number of thiophene rings is 1. The van der Waals surface area contributed by atoms with Crippen molar-refractivity contribution in [3.63, 3.8) is 0 Å². The second-order valence-corrected chi connectivity index (χ2v) is 7.28. The van der Waals surface area contributed by atoms with Gasteiger partial charge in [0.25, 0.3) is 5.91 Å². The van der Waals surface area contributed by atoms with Crippen molar-refractivity contribution in [1.82, 2.24) is 15.5 Å². The Kier molecular flexibility index (Phi) is 4.18. The van der Waals surface area contributed by atoms with Crippen LogP contribution in [0.15, 0.2) is 53.0 Å². The lowest BCUT2D eigenvalue weighted by Gasteiger charge is -2.27. The minimum atomic E-state index is -4.59. The average Bonchev–Trinajstić information content (AvgIpc) is 3.22. The van der Waals surface area contributed by atoms with Gasteiger partial charge in [0.15, 0.2) is 0 Å². The van der Waals surface area contributed by atoms with Crippen LogP contribution in [0.2, 0.25) is 0 Å². The Hall–Kier alpha value is -2.81. The van der Waals surface area contributed by atoms with E-state index in [2.05, 4.69) is 10.6 Å². The fraction of sp³-hybridized carbons (Fsp3) is 0.222. The van der Waals surface area contributed by atoms with E-state index < -0.39 is 23.8 Å². The quantitative estimate of drug-likeness (QED) is 0.840. The van der Waals surface area contributed by atoms with E-state index in [4.69, 9.17) is 0 Å². The summed E-state index contributed by atoms with van der Waals surface area (Å²) in [6.45, 7) is 0.497. The van der Waals surface area contributed by atoms with Gasteiger partial charge in [0.1, 0.15) is 0 Å². The zero-order chi connectivity index (χ0) is 19.2. The lowest BCUT2D eigenvalue weighted by molar-refractivity contribution is -0.138. The third-order valence-electron chi connectivity index (χ3n) is 4.52. The lowest BCUT2D eigenvalue weighted by atomic mass is 9.92. The maximum absolute atomic E-state index is 13.4. The van der Waals surface area contributed by atoms with Gasteiger partial charge in [0.2, 0.25) is 0 Å². The van der Waals surface area contributed by atoms with E-state index in [1.165, 1.54) is 34.4 Å². The third-order valence-corrected chi connectivity index (χ3v) is 5.39. The highest BCUT2D eigenvalue weighted by atomic mass is 32.1. The first-order valence-electron chi connectivity index (χ1n) is 8.13. The van der Waals surface area contributed by atoms with Crippen LogP contribution in [0.3, 0.4) is 0 Å². The van der Waals surface area contributed by atoms with Crippen LogP contribution in [0, 0.1) is 0 Å². The first-order valence-corrected chi connectivity index (χ1v) is 9.01. The van der Waals surface area contributed by atoms with E-state index in [1.807, 2.05) is 17.5 Å². The van der Waals surface area contributed by atoms with E-state index in [0.717, 1.165) is 10.9 Å². The number of nitrogens with zero attached hydrogens (tertiary/aromatic N) is 1. The van der Waals surface area contributed by atoms with Crippen LogP contribution in [0.5, 0.6) is 0 Å². The number of hydrogen-bond acceptors (Lipinski definition) is 3. The summed E-state index contributed by atoms with van der Waals surface area (Å²) in [5.74, 6) is -0.382. The van der Waals surface area contributed by atoms with Crippen molar-refractivity contribution in [3.05, 3.63) is 69.1 Å². The number of halogens is 3. The van der Waals surface area contributed by atoms with Crippen molar-refractivity contribution < 1.29 is 22.8 Å².